The van der Waals surface area contributed by atoms with Crippen molar-refractivity contribution in [1.29, 1.82) is 0 Å². The SMILES string of the molecule is O=C(Nc1ccc(OCc2ccccc2)cc1)c1ccc([C@H]2SCC(=O)N2Cc2ccccc2)cc1. The Morgan fingerprint density at radius 2 is 1.47 bits per heavy atom. The van der Waals surface area contributed by atoms with Crippen molar-refractivity contribution in [2.24, 2.45) is 0 Å². The van der Waals surface area contributed by atoms with Crippen LogP contribution >= 0.6 is 11.8 Å². The summed E-state index contributed by atoms with van der Waals surface area (Å²) in [5.41, 5.74) is 4.47. The number of carbonyl (C=O) groups excluding carboxylic acids is 2. The van der Waals surface area contributed by atoms with Crippen LogP contribution in [-0.4, -0.2) is 22.5 Å². The van der Waals surface area contributed by atoms with Gasteiger partial charge in [-0.05, 0) is 53.1 Å². The van der Waals surface area contributed by atoms with E-state index >= 15 is 0 Å². The molecule has 0 radical (unpaired) electrons. The van der Waals surface area contributed by atoms with Gasteiger partial charge in [0.25, 0.3) is 5.91 Å². The summed E-state index contributed by atoms with van der Waals surface area (Å²) in [4.78, 5) is 27.2. The van der Waals surface area contributed by atoms with Gasteiger partial charge in [0.15, 0.2) is 0 Å². The van der Waals surface area contributed by atoms with Crippen LogP contribution in [0.2, 0.25) is 0 Å². The standard InChI is InChI=1S/C30H26N2O3S/c33-28-21-36-30(32(28)19-22-7-3-1-4-8-22)25-13-11-24(12-14-25)29(34)31-26-15-17-27(18-16-26)35-20-23-9-5-2-6-10-23/h1-18,30H,19-21H2,(H,31,34)/t30-/m1/s1. The van der Waals surface area contributed by atoms with Crippen LogP contribution in [0.3, 0.4) is 0 Å². The Labute approximate surface area is 215 Å². The van der Waals surface area contributed by atoms with Crippen LogP contribution in [0.4, 0.5) is 5.69 Å². The van der Waals surface area contributed by atoms with Gasteiger partial charge in [0.05, 0.1) is 5.75 Å². The molecular formula is C30H26N2O3S. The fourth-order valence-corrected chi connectivity index (χ4v) is 5.25. The van der Waals surface area contributed by atoms with Crippen LogP contribution in [0.5, 0.6) is 5.75 Å². The summed E-state index contributed by atoms with van der Waals surface area (Å²) in [5, 5.41) is 2.88. The van der Waals surface area contributed by atoms with Gasteiger partial charge in [-0.2, -0.15) is 0 Å². The van der Waals surface area contributed by atoms with E-state index in [0.717, 1.165) is 22.4 Å². The molecule has 1 saturated heterocycles. The number of hydrogen-bond donors (Lipinski definition) is 1. The summed E-state index contributed by atoms with van der Waals surface area (Å²) in [6, 6.07) is 34.8. The summed E-state index contributed by atoms with van der Waals surface area (Å²) in [6.07, 6.45) is 0. The minimum Gasteiger partial charge on any atom is -0.489 e. The molecule has 1 fully saturated rings. The summed E-state index contributed by atoms with van der Waals surface area (Å²) in [7, 11) is 0. The molecule has 5 rings (SSSR count). The van der Waals surface area contributed by atoms with E-state index in [9.17, 15) is 9.59 Å². The number of thioether (sulfide) groups is 1. The molecule has 2 amide bonds. The Kier molecular flexibility index (Phi) is 7.33. The summed E-state index contributed by atoms with van der Waals surface area (Å²) in [6.45, 7) is 1.07. The van der Waals surface area contributed by atoms with Crippen molar-refractivity contribution >= 4 is 29.3 Å². The second-order valence-corrected chi connectivity index (χ2v) is 9.61. The Balaban J connectivity index is 1.19. The maximum Gasteiger partial charge on any atom is 0.255 e. The lowest BCUT2D eigenvalue weighted by molar-refractivity contribution is -0.128. The minimum absolute atomic E-state index is 0.0572. The number of nitrogens with one attached hydrogen (secondary N) is 1. The first kappa shape index (κ1) is 23.7. The van der Waals surface area contributed by atoms with Crippen molar-refractivity contribution in [2.75, 3.05) is 11.1 Å². The number of carbonyl (C=O) groups is 2. The number of nitrogens with zero attached hydrogens (tertiary/aromatic N) is 1. The first-order chi connectivity index (χ1) is 17.7. The predicted molar refractivity (Wildman–Crippen MR) is 144 cm³/mol. The van der Waals surface area contributed by atoms with E-state index in [1.165, 1.54) is 0 Å². The molecular weight excluding hydrogens is 468 g/mol. The van der Waals surface area contributed by atoms with E-state index in [-0.39, 0.29) is 17.2 Å². The van der Waals surface area contributed by atoms with Crippen LogP contribution < -0.4 is 10.1 Å². The fraction of sp³-hybridized carbons (Fsp3) is 0.133. The number of anilines is 1. The Bertz CT molecular complexity index is 1310. The predicted octanol–water partition coefficient (Wildman–Crippen LogP) is 6.29. The lowest BCUT2D eigenvalue weighted by atomic mass is 10.1. The lowest BCUT2D eigenvalue weighted by Crippen LogP contribution is -2.27. The second-order valence-electron chi connectivity index (χ2n) is 8.55. The summed E-state index contributed by atoms with van der Waals surface area (Å²) >= 11 is 1.62. The van der Waals surface area contributed by atoms with Crippen LogP contribution in [0.15, 0.2) is 109 Å². The number of benzene rings is 4. The van der Waals surface area contributed by atoms with E-state index in [1.807, 2.05) is 114 Å². The zero-order chi connectivity index (χ0) is 24.7. The number of rotatable bonds is 8. The molecule has 1 aliphatic rings. The van der Waals surface area contributed by atoms with E-state index in [1.54, 1.807) is 11.8 Å². The van der Waals surface area contributed by atoms with Crippen molar-refractivity contribution < 1.29 is 14.3 Å². The zero-order valence-corrected chi connectivity index (χ0v) is 20.5. The van der Waals surface area contributed by atoms with E-state index in [0.29, 0.717) is 30.2 Å². The normalized spacial score (nSPS) is 15.1. The number of hydrogen-bond acceptors (Lipinski definition) is 4. The highest BCUT2D eigenvalue weighted by Crippen LogP contribution is 2.39. The molecule has 0 aliphatic carbocycles. The number of amides is 2. The van der Waals surface area contributed by atoms with Gasteiger partial charge in [-0.15, -0.1) is 11.8 Å². The van der Waals surface area contributed by atoms with Crippen molar-refractivity contribution in [2.45, 2.75) is 18.5 Å². The third-order valence-corrected chi connectivity index (χ3v) is 7.24. The smallest absolute Gasteiger partial charge is 0.255 e. The topological polar surface area (TPSA) is 58.6 Å². The molecule has 5 nitrogen and oxygen atoms in total. The van der Waals surface area contributed by atoms with Crippen molar-refractivity contribution in [3.8, 4) is 5.75 Å². The van der Waals surface area contributed by atoms with Gasteiger partial charge in [-0.3, -0.25) is 9.59 Å². The summed E-state index contributed by atoms with van der Waals surface area (Å²) < 4.78 is 5.81. The quantitative estimate of drug-likeness (QED) is 0.313. The van der Waals surface area contributed by atoms with Gasteiger partial charge < -0.3 is 15.0 Å². The van der Waals surface area contributed by atoms with E-state index in [2.05, 4.69) is 5.32 Å². The highest BCUT2D eigenvalue weighted by Gasteiger charge is 2.32. The van der Waals surface area contributed by atoms with Gasteiger partial charge in [-0.1, -0.05) is 72.8 Å². The molecule has 1 atom stereocenters. The highest BCUT2D eigenvalue weighted by molar-refractivity contribution is 8.00. The molecule has 1 heterocycles. The molecule has 4 aromatic carbocycles. The lowest BCUT2D eigenvalue weighted by Gasteiger charge is -2.24. The molecule has 1 N–H and O–H groups in total. The van der Waals surface area contributed by atoms with Gasteiger partial charge >= 0.3 is 0 Å². The fourth-order valence-electron chi connectivity index (χ4n) is 4.06. The first-order valence-corrected chi connectivity index (χ1v) is 12.8. The molecule has 1 aliphatic heterocycles. The molecule has 6 heteroatoms. The van der Waals surface area contributed by atoms with Gasteiger partial charge in [0, 0.05) is 17.8 Å². The third-order valence-electron chi connectivity index (χ3n) is 5.98. The van der Waals surface area contributed by atoms with Crippen molar-refractivity contribution in [1.82, 2.24) is 4.90 Å². The van der Waals surface area contributed by atoms with E-state index < -0.39 is 0 Å². The molecule has 0 spiro atoms. The molecule has 0 saturated carbocycles. The first-order valence-electron chi connectivity index (χ1n) is 11.8. The average Bonchev–Trinajstić information content (AvgIpc) is 3.29. The zero-order valence-electron chi connectivity index (χ0n) is 19.7. The molecule has 0 bridgehead atoms. The van der Waals surface area contributed by atoms with Gasteiger partial charge in [0.2, 0.25) is 5.91 Å². The van der Waals surface area contributed by atoms with Crippen LogP contribution in [0.1, 0.15) is 32.4 Å². The van der Waals surface area contributed by atoms with Crippen molar-refractivity contribution in [3.63, 3.8) is 0 Å². The van der Waals surface area contributed by atoms with Crippen LogP contribution in [0.25, 0.3) is 0 Å². The highest BCUT2D eigenvalue weighted by atomic mass is 32.2. The Hall–Kier alpha value is -4.03. The second kappa shape index (κ2) is 11.1. The molecule has 0 unspecified atom stereocenters. The Morgan fingerprint density at radius 3 is 2.14 bits per heavy atom. The largest absolute Gasteiger partial charge is 0.489 e. The third kappa shape index (κ3) is 5.78. The van der Waals surface area contributed by atoms with Crippen LogP contribution in [-0.2, 0) is 17.9 Å². The monoisotopic (exact) mass is 494 g/mol. The average molecular weight is 495 g/mol. The Morgan fingerprint density at radius 1 is 0.833 bits per heavy atom. The number of ether oxygens (including phenoxy) is 1. The molecule has 0 aromatic heterocycles. The molecule has 180 valence electrons. The van der Waals surface area contributed by atoms with E-state index in [4.69, 9.17) is 4.74 Å². The molecule has 4 aromatic rings. The van der Waals surface area contributed by atoms with Crippen LogP contribution in [0, 0.1) is 0 Å². The summed E-state index contributed by atoms with van der Waals surface area (Å²) in [5.74, 6) is 1.15. The minimum atomic E-state index is -0.184. The maximum absolute atomic E-state index is 12.8. The van der Waals surface area contributed by atoms with Gasteiger partial charge in [-0.25, -0.2) is 0 Å². The maximum atomic E-state index is 12.8. The van der Waals surface area contributed by atoms with Crippen molar-refractivity contribution in [3.05, 3.63) is 131 Å². The van der Waals surface area contributed by atoms with Gasteiger partial charge in [0.1, 0.15) is 17.7 Å². The molecule has 36 heavy (non-hydrogen) atoms.